The van der Waals surface area contributed by atoms with Crippen molar-refractivity contribution in [3.8, 4) is 12.1 Å². The molecular weight excluding hydrogens is 454 g/mol. The minimum absolute atomic E-state index is 0.0908. The molecule has 5 aliphatic rings. The van der Waals surface area contributed by atoms with Crippen molar-refractivity contribution in [2.75, 3.05) is 45.6 Å². The number of carbonyl (C=O) groups is 1. The zero-order chi connectivity index (χ0) is 25.6. The van der Waals surface area contributed by atoms with E-state index in [2.05, 4.69) is 27.3 Å². The number of likely N-dealkylation sites (tertiary alicyclic amines) is 1. The summed E-state index contributed by atoms with van der Waals surface area (Å²) in [5, 5.41) is 33.0. The molecule has 0 aromatic heterocycles. The first kappa shape index (κ1) is 22.8. The molecule has 0 bridgehead atoms. The van der Waals surface area contributed by atoms with Crippen molar-refractivity contribution in [3.63, 3.8) is 0 Å². The Morgan fingerprint density at radius 3 is 2.56 bits per heavy atom. The molecule has 0 unspecified atom stereocenters. The number of hydrogen-bond acceptors (Lipinski definition) is 8. The number of allylic oxidation sites excluding steroid dienone is 1. The van der Waals surface area contributed by atoms with E-state index >= 15 is 0 Å². The number of anilines is 1. The van der Waals surface area contributed by atoms with Crippen molar-refractivity contribution in [1.29, 1.82) is 15.9 Å². The van der Waals surface area contributed by atoms with Gasteiger partial charge in [-0.25, -0.2) is 0 Å². The highest BCUT2D eigenvalue weighted by molar-refractivity contribution is 6.11. The Labute approximate surface area is 210 Å². The number of nitrogens with zero attached hydrogens (tertiary/aromatic N) is 4. The van der Waals surface area contributed by atoms with Crippen LogP contribution < -0.4 is 11.1 Å². The molecule has 1 aromatic rings. The van der Waals surface area contributed by atoms with Gasteiger partial charge in [0.25, 0.3) is 5.91 Å². The van der Waals surface area contributed by atoms with E-state index in [0.717, 1.165) is 35.4 Å². The normalized spacial score (nSPS) is 30.4. The molecule has 1 aromatic carbocycles. The zero-order valence-corrected chi connectivity index (χ0v) is 20.7. The van der Waals surface area contributed by atoms with Crippen LogP contribution in [0.25, 0.3) is 0 Å². The van der Waals surface area contributed by atoms with Crippen LogP contribution in [0.2, 0.25) is 0 Å². The van der Waals surface area contributed by atoms with Gasteiger partial charge in [-0.15, -0.1) is 0 Å². The molecule has 4 N–H and O–H groups in total. The first-order valence-electron chi connectivity index (χ1n) is 12.3. The number of aryl methyl sites for hydroxylation is 1. The molecule has 2 spiro atoms. The summed E-state index contributed by atoms with van der Waals surface area (Å²) in [7, 11) is 4.03. The number of rotatable bonds is 0. The van der Waals surface area contributed by atoms with Gasteiger partial charge in [0.1, 0.15) is 0 Å². The molecule has 4 heterocycles. The summed E-state index contributed by atoms with van der Waals surface area (Å²) in [4.78, 5) is 18.1. The lowest BCUT2D eigenvalue weighted by molar-refractivity contribution is -0.138. The Bertz CT molecular complexity index is 1370. The second kappa shape index (κ2) is 7.19. The van der Waals surface area contributed by atoms with Gasteiger partial charge in [0.2, 0.25) is 11.5 Å². The zero-order valence-electron chi connectivity index (χ0n) is 20.7. The van der Waals surface area contributed by atoms with E-state index in [4.69, 9.17) is 15.9 Å². The molecule has 6 rings (SSSR count). The largest absolute Gasteiger partial charge is 0.455 e. The van der Waals surface area contributed by atoms with E-state index in [-0.39, 0.29) is 17.5 Å². The van der Waals surface area contributed by atoms with Gasteiger partial charge >= 0.3 is 0 Å². The number of nitrogens with one attached hydrogen (secondary N) is 2. The molecule has 0 radical (unpaired) electrons. The Hall–Kier alpha value is -3.66. The lowest BCUT2D eigenvalue weighted by Crippen LogP contribution is -2.62. The van der Waals surface area contributed by atoms with Crippen LogP contribution in [0.5, 0.6) is 0 Å². The molecule has 2 fully saturated rings. The summed E-state index contributed by atoms with van der Waals surface area (Å²) in [6.45, 7) is 4.48. The highest BCUT2D eigenvalue weighted by Crippen LogP contribution is 2.64. The number of hydrogen-bond donors (Lipinski definition) is 3. The number of benzene rings is 1. The summed E-state index contributed by atoms with van der Waals surface area (Å²) in [5.74, 6) is -0.987. The molecule has 2 atom stereocenters. The number of carbonyl (C=O) groups excluding carboxylic acids is 1. The van der Waals surface area contributed by atoms with Crippen LogP contribution >= 0.6 is 0 Å². The van der Waals surface area contributed by atoms with Crippen LogP contribution in [0.1, 0.15) is 24.0 Å². The van der Waals surface area contributed by atoms with Gasteiger partial charge in [-0.3, -0.25) is 10.2 Å². The minimum Gasteiger partial charge on any atom is -0.455 e. The van der Waals surface area contributed by atoms with Crippen molar-refractivity contribution in [3.05, 3.63) is 51.7 Å². The van der Waals surface area contributed by atoms with E-state index in [9.17, 15) is 15.3 Å². The maximum Gasteiger partial charge on any atom is 0.274 e. The maximum absolute atomic E-state index is 13.7. The predicted molar refractivity (Wildman–Crippen MR) is 132 cm³/mol. The molecule has 9 nitrogen and oxygen atoms in total. The highest BCUT2D eigenvalue weighted by Gasteiger charge is 2.68. The van der Waals surface area contributed by atoms with Crippen molar-refractivity contribution >= 4 is 17.5 Å². The quantitative estimate of drug-likeness (QED) is 0.512. The average Bonchev–Trinajstić information content (AvgIpc) is 3.12. The molecular formula is C27H29N7O2. The topological polar surface area (TPSA) is 142 Å². The third-order valence-corrected chi connectivity index (χ3v) is 9.15. The monoisotopic (exact) mass is 483 g/mol. The third-order valence-electron chi connectivity index (χ3n) is 9.15. The lowest BCUT2D eigenvalue weighted by Gasteiger charge is -2.58. The number of piperidine rings is 1. The highest BCUT2D eigenvalue weighted by atomic mass is 16.5. The van der Waals surface area contributed by atoms with Crippen LogP contribution in [0.15, 0.2) is 40.6 Å². The molecule has 184 valence electrons. The van der Waals surface area contributed by atoms with E-state index in [1.54, 1.807) is 0 Å². The standard InChI is InChI=1S/C27H29N7O2/c1-15-4-5-19-16(10-15)27(24(35)32-19)18-12-34(3)11-17-20(18)21(23(31)36-27)22(30)26(13-28,14-29)25(17)6-8-33(2)9-7-25/h4-5,10,18,31H,6-9,11-12,30H2,1-3H3,(H,32,35)/t18-,27-/m0/s1. The fourth-order valence-corrected chi connectivity index (χ4v) is 7.34. The molecule has 9 heteroatoms. The third kappa shape index (κ3) is 2.45. The smallest absolute Gasteiger partial charge is 0.274 e. The Morgan fingerprint density at radius 2 is 1.89 bits per heavy atom. The van der Waals surface area contributed by atoms with Crippen molar-refractivity contribution in [2.24, 2.45) is 22.5 Å². The van der Waals surface area contributed by atoms with Crippen LogP contribution in [0.3, 0.4) is 0 Å². The first-order valence-corrected chi connectivity index (χ1v) is 12.3. The van der Waals surface area contributed by atoms with Gasteiger partial charge < -0.3 is 25.6 Å². The minimum atomic E-state index is -1.61. The van der Waals surface area contributed by atoms with Gasteiger partial charge in [-0.05, 0) is 70.2 Å². The second-order valence-electron chi connectivity index (χ2n) is 11.0. The molecule has 0 saturated carbocycles. The summed E-state index contributed by atoms with van der Waals surface area (Å²) >= 11 is 0. The van der Waals surface area contributed by atoms with E-state index in [0.29, 0.717) is 37.2 Å². The maximum atomic E-state index is 13.7. The summed E-state index contributed by atoms with van der Waals surface area (Å²) in [5.41, 5.74) is 7.52. The second-order valence-corrected chi connectivity index (χ2v) is 11.0. The van der Waals surface area contributed by atoms with Gasteiger partial charge in [0.15, 0.2) is 5.41 Å². The number of amides is 1. The van der Waals surface area contributed by atoms with Crippen LogP contribution in [-0.4, -0.2) is 61.9 Å². The summed E-state index contributed by atoms with van der Waals surface area (Å²) in [6, 6.07) is 10.4. The SMILES string of the molecule is Cc1ccc2c(c1)[C@@]1(OC(=N)C3=C(N)C(C#N)(C#N)C4(CCN(C)CC4)C4=C3[C@@H]1CN(C)C4)C(=O)N2. The number of nitriles is 2. The van der Waals surface area contributed by atoms with E-state index in [1.807, 2.05) is 39.2 Å². The Kier molecular flexibility index (Phi) is 4.55. The van der Waals surface area contributed by atoms with Gasteiger partial charge in [-0.2, -0.15) is 10.5 Å². The predicted octanol–water partition coefficient (Wildman–Crippen LogP) is 1.98. The van der Waals surface area contributed by atoms with Crippen LogP contribution in [0, 0.1) is 51.7 Å². The Balaban J connectivity index is 1.69. The van der Waals surface area contributed by atoms with Crippen LogP contribution in [0.4, 0.5) is 5.69 Å². The van der Waals surface area contributed by atoms with Gasteiger partial charge in [0.05, 0.1) is 29.3 Å². The number of fused-ring (bicyclic) bond motifs is 4. The first-order chi connectivity index (χ1) is 17.1. The number of nitrogens with two attached hydrogens (primary N) is 1. The fraction of sp³-hybridized carbons (Fsp3) is 0.481. The average molecular weight is 484 g/mol. The molecule has 4 aliphatic heterocycles. The van der Waals surface area contributed by atoms with E-state index in [1.165, 1.54) is 0 Å². The molecule has 36 heavy (non-hydrogen) atoms. The number of likely N-dealkylation sites (N-methyl/N-ethyl adjacent to an activating group) is 1. The molecule has 2 saturated heterocycles. The number of ether oxygens (including phenoxy) is 1. The fourth-order valence-electron chi connectivity index (χ4n) is 7.34. The van der Waals surface area contributed by atoms with Crippen molar-refractivity contribution < 1.29 is 9.53 Å². The summed E-state index contributed by atoms with van der Waals surface area (Å²) < 4.78 is 6.32. The Morgan fingerprint density at radius 1 is 1.19 bits per heavy atom. The molecule has 1 aliphatic carbocycles. The molecule has 1 amide bonds. The van der Waals surface area contributed by atoms with Crippen molar-refractivity contribution in [2.45, 2.75) is 25.4 Å². The van der Waals surface area contributed by atoms with Crippen molar-refractivity contribution in [1.82, 2.24) is 9.80 Å². The van der Waals surface area contributed by atoms with Gasteiger partial charge in [-0.1, -0.05) is 11.6 Å². The lowest BCUT2D eigenvalue weighted by atomic mass is 9.48. The summed E-state index contributed by atoms with van der Waals surface area (Å²) in [6.07, 6.45) is 1.20. The van der Waals surface area contributed by atoms with E-state index < -0.39 is 22.3 Å². The van der Waals surface area contributed by atoms with Crippen LogP contribution in [-0.2, 0) is 15.1 Å². The van der Waals surface area contributed by atoms with Gasteiger partial charge in [0, 0.05) is 29.8 Å².